The third kappa shape index (κ3) is 1.75. The van der Waals surface area contributed by atoms with Gasteiger partial charge in [0.1, 0.15) is 0 Å². The first-order valence-corrected chi connectivity index (χ1v) is 6.41. The average molecular weight is 224 g/mol. The Morgan fingerprint density at radius 3 is 2.25 bits per heavy atom. The molecule has 1 aliphatic carbocycles. The van der Waals surface area contributed by atoms with Crippen LogP contribution in [0.5, 0.6) is 0 Å². The number of hydrogen-bond donors (Lipinski definition) is 2. The largest absolute Gasteiger partial charge is 0.351 e. The molecule has 1 saturated carbocycles. The maximum Gasteiger partial charge on any atom is 0.237 e. The van der Waals surface area contributed by atoms with Crippen molar-refractivity contribution in [1.82, 2.24) is 10.6 Å². The lowest BCUT2D eigenvalue weighted by Gasteiger charge is -2.23. The van der Waals surface area contributed by atoms with Crippen LogP contribution >= 0.6 is 0 Å². The molecule has 1 atom stereocenters. The van der Waals surface area contributed by atoms with Crippen molar-refractivity contribution in [2.75, 3.05) is 6.54 Å². The second-order valence-corrected chi connectivity index (χ2v) is 6.39. The molecule has 0 aromatic heterocycles. The highest BCUT2D eigenvalue weighted by molar-refractivity contribution is 5.82. The highest BCUT2D eigenvalue weighted by Crippen LogP contribution is 2.62. The summed E-state index contributed by atoms with van der Waals surface area (Å²) >= 11 is 0. The first kappa shape index (κ1) is 11.9. The Morgan fingerprint density at radius 2 is 1.81 bits per heavy atom. The van der Waals surface area contributed by atoms with Crippen LogP contribution in [0.25, 0.3) is 0 Å². The highest BCUT2D eigenvalue weighted by Gasteiger charge is 2.65. The van der Waals surface area contributed by atoms with Gasteiger partial charge in [0.05, 0.1) is 6.04 Å². The van der Waals surface area contributed by atoms with Crippen LogP contribution in [-0.4, -0.2) is 24.5 Å². The van der Waals surface area contributed by atoms with E-state index in [-0.39, 0.29) is 22.8 Å². The molecular weight excluding hydrogens is 200 g/mol. The maximum absolute atomic E-state index is 12.1. The average Bonchev–Trinajstić information content (AvgIpc) is 2.62. The van der Waals surface area contributed by atoms with E-state index in [9.17, 15) is 4.79 Å². The maximum atomic E-state index is 12.1. The molecule has 16 heavy (non-hydrogen) atoms. The Morgan fingerprint density at radius 1 is 1.19 bits per heavy atom. The number of amides is 1. The normalized spacial score (nSPS) is 32.1. The van der Waals surface area contributed by atoms with Crippen molar-refractivity contribution in [2.45, 2.75) is 59.0 Å². The van der Waals surface area contributed by atoms with Crippen molar-refractivity contribution in [2.24, 2.45) is 10.8 Å². The van der Waals surface area contributed by atoms with Crippen LogP contribution < -0.4 is 10.6 Å². The summed E-state index contributed by atoms with van der Waals surface area (Å²) in [5.41, 5.74) is 0.467. The predicted molar refractivity (Wildman–Crippen MR) is 65.1 cm³/mol. The Bertz CT molecular complexity index is 276. The van der Waals surface area contributed by atoms with Gasteiger partial charge in [-0.1, -0.05) is 34.1 Å². The number of hydrogen-bond acceptors (Lipinski definition) is 2. The van der Waals surface area contributed by atoms with E-state index in [1.54, 1.807) is 0 Å². The van der Waals surface area contributed by atoms with Gasteiger partial charge >= 0.3 is 0 Å². The number of nitrogens with one attached hydrogen (secondary N) is 2. The zero-order valence-corrected chi connectivity index (χ0v) is 10.9. The van der Waals surface area contributed by atoms with E-state index in [4.69, 9.17) is 0 Å². The molecule has 0 bridgehead atoms. The number of rotatable bonds is 2. The van der Waals surface area contributed by atoms with Gasteiger partial charge in [0.2, 0.25) is 5.91 Å². The molecule has 1 aliphatic heterocycles. The molecule has 2 rings (SSSR count). The van der Waals surface area contributed by atoms with Crippen molar-refractivity contribution in [3.63, 3.8) is 0 Å². The fourth-order valence-corrected chi connectivity index (χ4v) is 2.88. The quantitative estimate of drug-likeness (QED) is 0.749. The van der Waals surface area contributed by atoms with Crippen LogP contribution in [0.3, 0.4) is 0 Å². The molecule has 0 aromatic rings. The van der Waals surface area contributed by atoms with E-state index in [2.05, 4.69) is 38.3 Å². The smallest absolute Gasteiger partial charge is 0.237 e. The van der Waals surface area contributed by atoms with Crippen molar-refractivity contribution in [3.8, 4) is 0 Å². The lowest BCUT2D eigenvalue weighted by atomic mass is 10.0. The second kappa shape index (κ2) is 3.73. The van der Waals surface area contributed by atoms with Crippen molar-refractivity contribution in [1.29, 1.82) is 0 Å². The van der Waals surface area contributed by atoms with E-state index < -0.39 is 0 Å². The minimum absolute atomic E-state index is 0.0425. The summed E-state index contributed by atoms with van der Waals surface area (Å²) in [6, 6.07) is 0.372. The number of carbonyl (C=O) groups excluding carboxylic acids is 1. The molecule has 0 spiro atoms. The molecule has 2 aliphatic rings. The van der Waals surface area contributed by atoms with E-state index >= 15 is 0 Å². The first-order chi connectivity index (χ1) is 7.37. The SMILES string of the molecule is CC1(C)C(NC(=O)[C@H]2CCCCN2)C1(C)C. The Hall–Kier alpha value is -0.570. The van der Waals surface area contributed by atoms with E-state index in [0.29, 0.717) is 6.04 Å². The van der Waals surface area contributed by atoms with Gasteiger partial charge in [0.15, 0.2) is 0 Å². The number of carbonyl (C=O) groups is 1. The molecule has 0 radical (unpaired) electrons. The molecule has 92 valence electrons. The minimum atomic E-state index is 0.0425. The summed E-state index contributed by atoms with van der Waals surface area (Å²) in [5.74, 6) is 0.198. The summed E-state index contributed by atoms with van der Waals surface area (Å²) in [5, 5.41) is 6.50. The molecule has 2 fully saturated rings. The zero-order valence-electron chi connectivity index (χ0n) is 10.9. The highest BCUT2D eigenvalue weighted by atomic mass is 16.2. The van der Waals surface area contributed by atoms with Gasteiger partial charge in [-0.2, -0.15) is 0 Å². The Kier molecular flexibility index (Phi) is 2.77. The van der Waals surface area contributed by atoms with Gasteiger partial charge in [0, 0.05) is 6.04 Å². The van der Waals surface area contributed by atoms with Crippen LogP contribution in [0.15, 0.2) is 0 Å². The minimum Gasteiger partial charge on any atom is -0.351 e. The van der Waals surface area contributed by atoms with Crippen LogP contribution in [0.4, 0.5) is 0 Å². The standard InChI is InChI=1S/C13H24N2O/c1-12(2)11(13(12,3)4)15-10(16)9-7-5-6-8-14-9/h9,11,14H,5-8H2,1-4H3,(H,15,16)/t9-/m1/s1. The lowest BCUT2D eigenvalue weighted by molar-refractivity contribution is -0.124. The molecule has 1 saturated heterocycles. The predicted octanol–water partition coefficient (Wildman–Crippen LogP) is 1.68. The van der Waals surface area contributed by atoms with Gasteiger partial charge in [-0.05, 0) is 30.2 Å². The van der Waals surface area contributed by atoms with Crippen molar-refractivity contribution in [3.05, 3.63) is 0 Å². The molecular formula is C13H24N2O. The van der Waals surface area contributed by atoms with E-state index in [1.807, 2.05) is 0 Å². The summed E-state index contributed by atoms with van der Waals surface area (Å²) in [4.78, 5) is 12.1. The lowest BCUT2D eigenvalue weighted by Crippen LogP contribution is -2.48. The molecule has 3 heteroatoms. The summed E-state index contributed by atoms with van der Waals surface area (Å²) in [7, 11) is 0. The van der Waals surface area contributed by atoms with Crippen LogP contribution in [-0.2, 0) is 4.79 Å². The summed E-state index contributed by atoms with van der Waals surface area (Å²) in [6.45, 7) is 9.90. The topological polar surface area (TPSA) is 41.1 Å². The monoisotopic (exact) mass is 224 g/mol. The van der Waals surface area contributed by atoms with Gasteiger partial charge in [-0.25, -0.2) is 0 Å². The Labute approximate surface area is 98.4 Å². The molecule has 1 amide bonds. The third-order valence-electron chi connectivity index (χ3n) is 4.93. The molecule has 3 nitrogen and oxygen atoms in total. The number of piperidine rings is 1. The molecule has 2 N–H and O–H groups in total. The van der Waals surface area contributed by atoms with Crippen LogP contribution in [0.2, 0.25) is 0 Å². The summed E-state index contributed by atoms with van der Waals surface area (Å²) < 4.78 is 0. The van der Waals surface area contributed by atoms with Gasteiger partial charge in [0.25, 0.3) is 0 Å². The fraction of sp³-hybridized carbons (Fsp3) is 0.923. The second-order valence-electron chi connectivity index (χ2n) is 6.39. The van der Waals surface area contributed by atoms with Crippen molar-refractivity contribution < 1.29 is 4.79 Å². The molecule has 1 heterocycles. The van der Waals surface area contributed by atoms with Gasteiger partial charge in [-0.3, -0.25) is 4.79 Å². The third-order valence-corrected chi connectivity index (χ3v) is 4.93. The molecule has 0 aromatic carbocycles. The van der Waals surface area contributed by atoms with E-state index in [1.165, 1.54) is 12.8 Å². The Balaban J connectivity index is 1.89. The molecule has 0 unspecified atom stereocenters. The van der Waals surface area contributed by atoms with Crippen LogP contribution in [0.1, 0.15) is 47.0 Å². The van der Waals surface area contributed by atoms with Gasteiger partial charge < -0.3 is 10.6 Å². The van der Waals surface area contributed by atoms with Crippen molar-refractivity contribution >= 4 is 5.91 Å². The zero-order chi connectivity index (χ0) is 12.0. The van der Waals surface area contributed by atoms with Gasteiger partial charge in [-0.15, -0.1) is 0 Å². The summed E-state index contributed by atoms with van der Waals surface area (Å²) in [6.07, 6.45) is 3.35. The van der Waals surface area contributed by atoms with E-state index in [0.717, 1.165) is 13.0 Å². The first-order valence-electron chi connectivity index (χ1n) is 6.41. The van der Waals surface area contributed by atoms with Crippen LogP contribution in [0, 0.1) is 10.8 Å². The fourth-order valence-electron chi connectivity index (χ4n) is 2.88.